The third kappa shape index (κ3) is 2.52. The molecule has 2 aromatic rings. The normalized spacial score (nSPS) is 9.65. The number of anilines is 1. The molecule has 4 heteroatoms. The number of aryl methyl sites for hydroxylation is 1. The van der Waals surface area contributed by atoms with E-state index in [0.29, 0.717) is 16.8 Å². The number of benzene rings is 1. The summed E-state index contributed by atoms with van der Waals surface area (Å²) in [6.45, 7) is 1.95. The summed E-state index contributed by atoms with van der Waals surface area (Å²) in [5, 5.41) is 13.4. The molecular formula is C13H10N2OS. The molecule has 0 atom stereocenters. The minimum atomic E-state index is -0.183. The van der Waals surface area contributed by atoms with E-state index < -0.39 is 0 Å². The Labute approximate surface area is 103 Å². The molecule has 0 bridgehead atoms. The molecule has 0 aliphatic rings. The molecule has 0 saturated carbocycles. The van der Waals surface area contributed by atoms with Crippen molar-refractivity contribution in [3.63, 3.8) is 0 Å². The van der Waals surface area contributed by atoms with Gasteiger partial charge in [-0.3, -0.25) is 4.79 Å². The molecule has 1 amide bonds. The summed E-state index contributed by atoms with van der Waals surface area (Å²) in [6, 6.07) is 10.8. The maximum absolute atomic E-state index is 11.9. The molecule has 0 unspecified atom stereocenters. The van der Waals surface area contributed by atoms with Gasteiger partial charge in [0.1, 0.15) is 6.07 Å². The third-order valence-corrected chi connectivity index (χ3v) is 3.15. The predicted octanol–water partition coefficient (Wildman–Crippen LogP) is 3.18. The van der Waals surface area contributed by atoms with Gasteiger partial charge in [0.15, 0.2) is 0 Å². The van der Waals surface area contributed by atoms with E-state index in [-0.39, 0.29) is 5.91 Å². The van der Waals surface area contributed by atoms with Gasteiger partial charge in [-0.2, -0.15) is 5.26 Å². The van der Waals surface area contributed by atoms with Crippen LogP contribution in [0.25, 0.3) is 0 Å². The van der Waals surface area contributed by atoms with Gasteiger partial charge in [-0.05, 0) is 25.1 Å². The number of para-hydroxylation sites is 1. The first-order valence-electron chi connectivity index (χ1n) is 5.06. The van der Waals surface area contributed by atoms with Gasteiger partial charge in [0.05, 0.1) is 16.8 Å². The zero-order chi connectivity index (χ0) is 12.3. The molecule has 0 fully saturated rings. The maximum atomic E-state index is 11.9. The molecule has 0 saturated heterocycles. The fourth-order valence-electron chi connectivity index (χ4n) is 1.45. The number of amides is 1. The zero-order valence-corrected chi connectivity index (χ0v) is 10.0. The Balaban J connectivity index is 2.22. The Morgan fingerprint density at radius 1 is 1.41 bits per heavy atom. The van der Waals surface area contributed by atoms with Crippen molar-refractivity contribution in [1.82, 2.24) is 0 Å². The first kappa shape index (κ1) is 11.4. The van der Waals surface area contributed by atoms with Crippen LogP contribution in [-0.2, 0) is 0 Å². The van der Waals surface area contributed by atoms with Gasteiger partial charge >= 0.3 is 0 Å². The van der Waals surface area contributed by atoms with Crippen LogP contribution in [0.3, 0.4) is 0 Å². The molecule has 1 aromatic carbocycles. The van der Waals surface area contributed by atoms with Crippen LogP contribution in [0, 0.1) is 18.3 Å². The number of nitriles is 1. The SMILES string of the molecule is Cc1cc(C(=O)Nc2ccccc2C#N)cs1. The Bertz CT molecular complexity index is 595. The molecule has 0 aliphatic heterocycles. The lowest BCUT2D eigenvalue weighted by molar-refractivity contribution is 0.102. The van der Waals surface area contributed by atoms with Crippen LogP contribution in [0.5, 0.6) is 0 Å². The van der Waals surface area contributed by atoms with Crippen molar-refractivity contribution < 1.29 is 4.79 Å². The van der Waals surface area contributed by atoms with Crippen molar-refractivity contribution in [1.29, 1.82) is 5.26 Å². The second-order valence-electron chi connectivity index (χ2n) is 3.56. The number of carbonyl (C=O) groups excluding carboxylic acids is 1. The van der Waals surface area contributed by atoms with Crippen LogP contribution < -0.4 is 5.32 Å². The van der Waals surface area contributed by atoms with Crippen molar-refractivity contribution in [2.45, 2.75) is 6.92 Å². The van der Waals surface area contributed by atoms with Crippen LogP contribution in [0.1, 0.15) is 20.8 Å². The third-order valence-electron chi connectivity index (χ3n) is 2.29. The number of carbonyl (C=O) groups is 1. The summed E-state index contributed by atoms with van der Waals surface area (Å²) in [5.74, 6) is -0.183. The van der Waals surface area contributed by atoms with Crippen LogP contribution in [0.15, 0.2) is 35.7 Å². The molecule has 84 valence electrons. The molecular weight excluding hydrogens is 232 g/mol. The fourth-order valence-corrected chi connectivity index (χ4v) is 2.13. The van der Waals surface area contributed by atoms with Crippen LogP contribution >= 0.6 is 11.3 Å². The van der Waals surface area contributed by atoms with Gasteiger partial charge in [-0.25, -0.2) is 0 Å². The fraction of sp³-hybridized carbons (Fsp3) is 0.0769. The Morgan fingerprint density at radius 2 is 2.18 bits per heavy atom. The van der Waals surface area contributed by atoms with Gasteiger partial charge in [0.2, 0.25) is 0 Å². The number of hydrogen-bond acceptors (Lipinski definition) is 3. The smallest absolute Gasteiger partial charge is 0.256 e. The molecule has 1 heterocycles. The summed E-state index contributed by atoms with van der Waals surface area (Å²) in [6.07, 6.45) is 0. The van der Waals surface area contributed by atoms with E-state index >= 15 is 0 Å². The van der Waals surface area contributed by atoms with E-state index in [1.54, 1.807) is 29.6 Å². The second-order valence-corrected chi connectivity index (χ2v) is 4.67. The highest BCUT2D eigenvalue weighted by Gasteiger charge is 2.09. The molecule has 17 heavy (non-hydrogen) atoms. The largest absolute Gasteiger partial charge is 0.321 e. The average Bonchev–Trinajstić information content (AvgIpc) is 2.77. The molecule has 0 radical (unpaired) electrons. The minimum absolute atomic E-state index is 0.183. The van der Waals surface area contributed by atoms with E-state index in [1.165, 1.54) is 11.3 Å². The summed E-state index contributed by atoms with van der Waals surface area (Å²) in [4.78, 5) is 13.0. The zero-order valence-electron chi connectivity index (χ0n) is 9.23. The summed E-state index contributed by atoms with van der Waals surface area (Å²) >= 11 is 1.53. The monoisotopic (exact) mass is 242 g/mol. The highest BCUT2D eigenvalue weighted by atomic mass is 32.1. The highest BCUT2D eigenvalue weighted by molar-refractivity contribution is 7.10. The number of nitrogens with zero attached hydrogens (tertiary/aromatic N) is 1. The Hall–Kier alpha value is -2.12. The molecule has 1 N–H and O–H groups in total. The molecule has 1 aromatic heterocycles. The Kier molecular flexibility index (Phi) is 3.22. The van der Waals surface area contributed by atoms with Crippen LogP contribution in [0.2, 0.25) is 0 Å². The summed E-state index contributed by atoms with van der Waals surface area (Å²) < 4.78 is 0. The molecule has 2 rings (SSSR count). The van der Waals surface area contributed by atoms with E-state index in [2.05, 4.69) is 5.32 Å². The van der Waals surface area contributed by atoms with Crippen molar-refractivity contribution in [3.05, 3.63) is 51.7 Å². The summed E-state index contributed by atoms with van der Waals surface area (Å²) in [7, 11) is 0. The first-order chi connectivity index (χ1) is 8.20. The lowest BCUT2D eigenvalue weighted by Gasteiger charge is -2.04. The van der Waals surface area contributed by atoms with Crippen molar-refractivity contribution in [3.8, 4) is 6.07 Å². The minimum Gasteiger partial charge on any atom is -0.321 e. The molecule has 0 spiro atoms. The topological polar surface area (TPSA) is 52.9 Å². The summed E-state index contributed by atoms with van der Waals surface area (Å²) in [5.41, 5.74) is 1.64. The standard InChI is InChI=1S/C13H10N2OS/c1-9-6-11(8-17-9)13(16)15-12-5-3-2-4-10(12)7-14/h2-6,8H,1H3,(H,15,16). The van der Waals surface area contributed by atoms with Crippen molar-refractivity contribution in [2.24, 2.45) is 0 Å². The van der Waals surface area contributed by atoms with Gasteiger partial charge in [0.25, 0.3) is 5.91 Å². The second kappa shape index (κ2) is 4.81. The van der Waals surface area contributed by atoms with E-state index in [9.17, 15) is 4.79 Å². The lowest BCUT2D eigenvalue weighted by atomic mass is 10.2. The Morgan fingerprint density at radius 3 is 2.82 bits per heavy atom. The van der Waals surface area contributed by atoms with Crippen LogP contribution in [0.4, 0.5) is 5.69 Å². The lowest BCUT2D eigenvalue weighted by Crippen LogP contribution is -2.11. The van der Waals surface area contributed by atoms with Crippen molar-refractivity contribution >= 4 is 22.9 Å². The van der Waals surface area contributed by atoms with Crippen molar-refractivity contribution in [2.75, 3.05) is 5.32 Å². The van der Waals surface area contributed by atoms with Gasteiger partial charge in [-0.15, -0.1) is 11.3 Å². The van der Waals surface area contributed by atoms with Gasteiger partial charge < -0.3 is 5.32 Å². The number of rotatable bonds is 2. The number of hydrogen-bond donors (Lipinski definition) is 1. The molecule has 3 nitrogen and oxygen atoms in total. The number of nitrogens with one attached hydrogen (secondary N) is 1. The quantitative estimate of drug-likeness (QED) is 0.879. The van der Waals surface area contributed by atoms with Crippen LogP contribution in [-0.4, -0.2) is 5.91 Å². The van der Waals surface area contributed by atoms with E-state index in [1.807, 2.05) is 19.1 Å². The van der Waals surface area contributed by atoms with Gasteiger partial charge in [0, 0.05) is 10.3 Å². The number of thiophene rings is 1. The average molecular weight is 242 g/mol. The van der Waals surface area contributed by atoms with Gasteiger partial charge in [-0.1, -0.05) is 12.1 Å². The maximum Gasteiger partial charge on any atom is 0.256 e. The highest BCUT2D eigenvalue weighted by Crippen LogP contribution is 2.17. The molecule has 0 aliphatic carbocycles. The van der Waals surface area contributed by atoms with E-state index in [4.69, 9.17) is 5.26 Å². The predicted molar refractivity (Wildman–Crippen MR) is 68.2 cm³/mol. The van der Waals surface area contributed by atoms with E-state index in [0.717, 1.165) is 4.88 Å². The first-order valence-corrected chi connectivity index (χ1v) is 5.94.